The van der Waals surface area contributed by atoms with Crippen LogP contribution in [0.3, 0.4) is 0 Å². The molecule has 0 aromatic heterocycles. The number of benzene rings is 1. The van der Waals surface area contributed by atoms with Gasteiger partial charge >= 0.3 is 0 Å². The Balaban J connectivity index is 1.40. The molecule has 0 unspecified atom stereocenters. The van der Waals surface area contributed by atoms with E-state index in [9.17, 15) is 18.3 Å². The highest BCUT2D eigenvalue weighted by atomic mass is 32.2. The zero-order chi connectivity index (χ0) is 18.6. The lowest BCUT2D eigenvalue weighted by Gasteiger charge is -2.60. The van der Waals surface area contributed by atoms with Crippen molar-refractivity contribution in [2.24, 2.45) is 17.3 Å². The van der Waals surface area contributed by atoms with Gasteiger partial charge in [0.05, 0.1) is 11.4 Å². The Morgan fingerprint density at radius 3 is 2.31 bits per heavy atom. The lowest BCUT2D eigenvalue weighted by Crippen LogP contribution is -2.56. The number of anilines is 1. The quantitative estimate of drug-likeness (QED) is 0.826. The van der Waals surface area contributed by atoms with Crippen LogP contribution in [0.2, 0.25) is 0 Å². The van der Waals surface area contributed by atoms with Gasteiger partial charge in [0.2, 0.25) is 5.91 Å². The van der Waals surface area contributed by atoms with Gasteiger partial charge in [-0.2, -0.15) is 0 Å². The van der Waals surface area contributed by atoms with Crippen molar-refractivity contribution in [2.75, 3.05) is 11.6 Å². The summed E-state index contributed by atoms with van der Waals surface area (Å²) in [5, 5.41) is 13.8. The van der Waals surface area contributed by atoms with Gasteiger partial charge in [0.1, 0.15) is 0 Å². The molecule has 1 aromatic carbocycles. The topological polar surface area (TPSA) is 83.5 Å². The molecule has 1 aromatic rings. The maximum atomic E-state index is 12.6. The summed E-state index contributed by atoms with van der Waals surface area (Å²) in [6.45, 7) is 0. The monoisotopic (exact) mass is 377 g/mol. The van der Waals surface area contributed by atoms with Crippen molar-refractivity contribution in [3.8, 4) is 0 Å². The molecule has 5 nitrogen and oxygen atoms in total. The molecule has 0 aliphatic heterocycles. The van der Waals surface area contributed by atoms with Gasteiger partial charge in [-0.15, -0.1) is 0 Å². The van der Waals surface area contributed by atoms with Gasteiger partial charge in [0, 0.05) is 18.4 Å². The van der Waals surface area contributed by atoms with Crippen LogP contribution in [0.5, 0.6) is 0 Å². The first kappa shape index (κ1) is 18.0. The Bertz CT molecular complexity index is 801. The van der Waals surface area contributed by atoms with Crippen molar-refractivity contribution in [2.45, 2.75) is 56.3 Å². The summed E-state index contributed by atoms with van der Waals surface area (Å²) in [6.07, 6.45) is 7.60. The number of amides is 1. The number of hydrogen-bond acceptors (Lipinski definition) is 4. The largest absolute Gasteiger partial charge is 0.390 e. The Morgan fingerprint density at radius 2 is 1.77 bits per heavy atom. The molecule has 6 heteroatoms. The number of sulfone groups is 1. The fraction of sp³-hybridized carbons (Fsp3) is 0.650. The highest BCUT2D eigenvalue weighted by Crippen LogP contribution is 2.62. The van der Waals surface area contributed by atoms with Crippen LogP contribution in [0, 0.1) is 17.3 Å². The van der Waals surface area contributed by atoms with Crippen LogP contribution in [0.1, 0.15) is 50.5 Å². The highest BCUT2D eigenvalue weighted by Gasteiger charge is 2.57. The summed E-state index contributed by atoms with van der Waals surface area (Å²) in [7, 11) is -3.06. The van der Waals surface area contributed by atoms with Gasteiger partial charge in [0.25, 0.3) is 0 Å². The first-order valence-corrected chi connectivity index (χ1v) is 11.5. The summed E-state index contributed by atoms with van der Waals surface area (Å²) in [4.78, 5) is 12.6. The van der Waals surface area contributed by atoms with E-state index in [0.717, 1.165) is 32.1 Å². The van der Waals surface area contributed by atoms with Gasteiger partial charge < -0.3 is 10.4 Å². The third-order valence-electron chi connectivity index (χ3n) is 6.35. The van der Waals surface area contributed by atoms with E-state index in [4.69, 9.17) is 0 Å². The van der Waals surface area contributed by atoms with Gasteiger partial charge in [-0.1, -0.05) is 12.1 Å². The summed E-state index contributed by atoms with van der Waals surface area (Å²) in [5.74, 6) is 1.14. The number of rotatable bonds is 5. The van der Waals surface area contributed by atoms with Crippen molar-refractivity contribution in [3.05, 3.63) is 29.8 Å². The zero-order valence-electron chi connectivity index (χ0n) is 15.2. The van der Waals surface area contributed by atoms with Crippen LogP contribution in [-0.2, 0) is 20.4 Å². The molecule has 4 aliphatic rings. The van der Waals surface area contributed by atoms with Crippen LogP contribution in [0.25, 0.3) is 0 Å². The van der Waals surface area contributed by atoms with E-state index in [0.29, 0.717) is 29.5 Å². The minimum Gasteiger partial charge on any atom is -0.390 e. The molecule has 26 heavy (non-hydrogen) atoms. The minimum absolute atomic E-state index is 0.00565. The smallest absolute Gasteiger partial charge is 0.224 e. The molecular formula is C20H27NO4S. The second-order valence-electron chi connectivity index (χ2n) is 9.18. The molecule has 4 bridgehead atoms. The van der Waals surface area contributed by atoms with Gasteiger partial charge in [0.15, 0.2) is 9.84 Å². The molecule has 1 amide bonds. The van der Waals surface area contributed by atoms with Gasteiger partial charge in [-0.3, -0.25) is 4.79 Å². The first-order chi connectivity index (χ1) is 12.1. The predicted molar refractivity (Wildman–Crippen MR) is 100 cm³/mol. The van der Waals surface area contributed by atoms with Crippen LogP contribution in [0.15, 0.2) is 24.3 Å². The van der Waals surface area contributed by atoms with E-state index in [-0.39, 0.29) is 17.1 Å². The number of aliphatic hydroxyl groups is 1. The number of hydrogen-bond donors (Lipinski definition) is 2. The minimum atomic E-state index is -3.06. The zero-order valence-corrected chi connectivity index (χ0v) is 16.0. The fourth-order valence-corrected chi connectivity index (χ4v) is 6.94. The van der Waals surface area contributed by atoms with E-state index in [1.165, 1.54) is 12.7 Å². The van der Waals surface area contributed by atoms with Crippen LogP contribution in [-0.4, -0.2) is 31.3 Å². The molecular weight excluding hydrogens is 350 g/mol. The van der Waals surface area contributed by atoms with Gasteiger partial charge in [-0.25, -0.2) is 8.42 Å². The van der Waals surface area contributed by atoms with Crippen LogP contribution < -0.4 is 5.32 Å². The van der Waals surface area contributed by atoms with E-state index < -0.39 is 15.4 Å². The molecule has 5 rings (SSSR count). The second kappa shape index (κ2) is 6.06. The third kappa shape index (κ3) is 3.81. The molecule has 0 saturated heterocycles. The highest BCUT2D eigenvalue weighted by molar-refractivity contribution is 7.89. The molecule has 4 fully saturated rings. The summed E-state index contributed by atoms with van der Waals surface area (Å²) in [5.41, 5.74) is 0.820. The lowest BCUT2D eigenvalue weighted by molar-refractivity contribution is -0.167. The average Bonchev–Trinajstić information content (AvgIpc) is 2.44. The SMILES string of the molecule is CS(=O)(=O)Cc1ccc(NC(=O)CC23C[C@H]4C[C@@H](CC(O)(C4)C2)C3)cc1. The maximum Gasteiger partial charge on any atom is 0.224 e. The number of carbonyl (C=O) groups is 1. The Labute approximate surface area is 155 Å². The van der Waals surface area contributed by atoms with Crippen LogP contribution >= 0.6 is 0 Å². The van der Waals surface area contributed by atoms with E-state index in [1.807, 2.05) is 0 Å². The van der Waals surface area contributed by atoms with E-state index in [1.54, 1.807) is 24.3 Å². The summed E-state index contributed by atoms with van der Waals surface area (Å²) in [6, 6.07) is 6.99. The van der Waals surface area contributed by atoms with Crippen molar-refractivity contribution < 1.29 is 18.3 Å². The number of carbonyl (C=O) groups excluding carboxylic acids is 1. The van der Waals surface area contributed by atoms with Crippen molar-refractivity contribution in [1.29, 1.82) is 0 Å². The average molecular weight is 378 g/mol. The Morgan fingerprint density at radius 1 is 1.15 bits per heavy atom. The molecule has 0 heterocycles. The number of nitrogens with one attached hydrogen (secondary N) is 1. The molecule has 2 N–H and O–H groups in total. The standard InChI is InChI=1S/C20H27NO4S/c1-26(24,25)12-14-2-4-17(5-3-14)21-18(22)11-19-7-15-6-16(8-19)10-20(23,9-15)13-19/h2-5,15-16,23H,6-13H2,1H3,(H,21,22)/t15-,16-,19?,20?/m1/s1. The molecule has 142 valence electrons. The predicted octanol–water partition coefficient (Wildman–Crippen LogP) is 2.89. The van der Waals surface area contributed by atoms with Gasteiger partial charge in [-0.05, 0) is 73.5 Å². The lowest BCUT2D eigenvalue weighted by atomic mass is 9.47. The Hall–Kier alpha value is -1.40. The van der Waals surface area contributed by atoms with Crippen molar-refractivity contribution in [1.82, 2.24) is 0 Å². The Kier molecular flexibility index (Phi) is 4.19. The third-order valence-corrected chi connectivity index (χ3v) is 7.21. The molecule has 4 aliphatic carbocycles. The normalized spacial score (nSPS) is 35.5. The van der Waals surface area contributed by atoms with Crippen molar-refractivity contribution >= 4 is 21.4 Å². The first-order valence-electron chi connectivity index (χ1n) is 9.41. The summed E-state index contributed by atoms with van der Waals surface area (Å²) < 4.78 is 22.7. The second-order valence-corrected chi connectivity index (χ2v) is 11.3. The molecule has 0 spiro atoms. The van der Waals surface area contributed by atoms with Crippen LogP contribution in [0.4, 0.5) is 5.69 Å². The van der Waals surface area contributed by atoms with Crippen molar-refractivity contribution in [3.63, 3.8) is 0 Å². The summed E-state index contributed by atoms with van der Waals surface area (Å²) >= 11 is 0. The fourth-order valence-electron chi connectivity index (χ4n) is 6.14. The molecule has 2 atom stereocenters. The maximum absolute atomic E-state index is 12.6. The van der Waals surface area contributed by atoms with E-state index >= 15 is 0 Å². The van der Waals surface area contributed by atoms with E-state index in [2.05, 4.69) is 5.32 Å². The molecule has 0 radical (unpaired) electrons. The molecule has 4 saturated carbocycles.